The minimum Gasteiger partial charge on any atom is -0.457 e. The lowest BCUT2D eigenvalue weighted by Crippen LogP contribution is -2.05. The van der Waals surface area contributed by atoms with Gasteiger partial charge in [0, 0.05) is 29.8 Å². The molecule has 0 saturated carbocycles. The number of para-hydroxylation sites is 1. The molecule has 8 heteroatoms. The summed E-state index contributed by atoms with van der Waals surface area (Å²) in [6.45, 7) is 4.19. The maximum absolute atomic E-state index is 5.88. The van der Waals surface area contributed by atoms with E-state index in [1.54, 1.807) is 18.7 Å². The largest absolute Gasteiger partial charge is 0.457 e. The van der Waals surface area contributed by atoms with E-state index in [4.69, 9.17) is 14.7 Å². The summed E-state index contributed by atoms with van der Waals surface area (Å²) in [5.74, 6) is 2.64. The number of pyridine rings is 1. The second kappa shape index (κ2) is 8.96. The molecule has 0 aliphatic carbocycles. The van der Waals surface area contributed by atoms with Gasteiger partial charge >= 0.3 is 0 Å². The van der Waals surface area contributed by atoms with E-state index in [-0.39, 0.29) is 6.04 Å². The van der Waals surface area contributed by atoms with Crippen molar-refractivity contribution < 1.29 is 4.74 Å². The van der Waals surface area contributed by atoms with Gasteiger partial charge in [-0.1, -0.05) is 18.2 Å². The number of nitrogens with one attached hydrogen (secondary N) is 2. The van der Waals surface area contributed by atoms with Gasteiger partial charge in [0.05, 0.1) is 6.33 Å². The molecule has 0 radical (unpaired) electrons. The highest BCUT2D eigenvalue weighted by molar-refractivity contribution is 5.87. The topological polar surface area (TPSA) is 89.8 Å². The molecule has 2 aromatic carbocycles. The molecule has 8 nitrogen and oxygen atoms in total. The highest BCUT2D eigenvalue weighted by atomic mass is 16.5. The van der Waals surface area contributed by atoms with Gasteiger partial charge in [-0.2, -0.15) is 9.97 Å². The number of nitrogens with zero attached hydrogens (tertiary/aromatic N) is 5. The summed E-state index contributed by atoms with van der Waals surface area (Å²) < 4.78 is 7.91. The molecule has 3 aromatic heterocycles. The van der Waals surface area contributed by atoms with Crippen molar-refractivity contribution in [3.05, 3.63) is 85.5 Å². The zero-order valence-electron chi connectivity index (χ0n) is 18.3. The smallest absolute Gasteiger partial charge is 0.231 e. The van der Waals surface area contributed by atoms with Crippen molar-refractivity contribution in [3.63, 3.8) is 0 Å². The highest BCUT2D eigenvalue weighted by Gasteiger charge is 2.15. The summed E-state index contributed by atoms with van der Waals surface area (Å²) in [6, 6.07) is 21.4. The van der Waals surface area contributed by atoms with Gasteiger partial charge in [0.25, 0.3) is 0 Å². The number of fused-ring (bicyclic) bond motifs is 1. The van der Waals surface area contributed by atoms with E-state index >= 15 is 0 Å². The highest BCUT2D eigenvalue weighted by Crippen LogP contribution is 2.28. The maximum Gasteiger partial charge on any atom is 0.231 e. The van der Waals surface area contributed by atoms with E-state index in [0.29, 0.717) is 17.3 Å². The molecule has 5 aromatic rings. The Bertz CT molecular complexity index is 1350. The second-order valence-electron chi connectivity index (χ2n) is 7.74. The summed E-state index contributed by atoms with van der Waals surface area (Å²) in [4.78, 5) is 18.0. The van der Waals surface area contributed by atoms with Gasteiger partial charge in [0.2, 0.25) is 5.95 Å². The molecule has 0 atom stereocenters. The Hall–Kier alpha value is -4.46. The second-order valence-corrected chi connectivity index (χ2v) is 7.74. The Morgan fingerprint density at radius 2 is 1.48 bits per heavy atom. The molecular formula is C25H23N7O. The Labute approximate surface area is 191 Å². The van der Waals surface area contributed by atoms with E-state index in [0.717, 1.165) is 28.5 Å². The van der Waals surface area contributed by atoms with Crippen LogP contribution in [0, 0.1) is 0 Å². The van der Waals surface area contributed by atoms with Gasteiger partial charge in [-0.15, -0.1) is 0 Å². The summed E-state index contributed by atoms with van der Waals surface area (Å²) >= 11 is 0. The van der Waals surface area contributed by atoms with Crippen molar-refractivity contribution >= 4 is 34.3 Å². The van der Waals surface area contributed by atoms with Crippen LogP contribution >= 0.6 is 0 Å². The Balaban J connectivity index is 1.45. The van der Waals surface area contributed by atoms with Gasteiger partial charge in [-0.3, -0.25) is 4.98 Å². The number of ether oxygens (including phenoxy) is 1. The van der Waals surface area contributed by atoms with Gasteiger partial charge in [0.15, 0.2) is 17.0 Å². The third-order valence-corrected chi connectivity index (χ3v) is 5.01. The number of benzene rings is 2. The number of aromatic nitrogens is 5. The monoisotopic (exact) mass is 437 g/mol. The van der Waals surface area contributed by atoms with Crippen LogP contribution in [0.4, 0.5) is 23.1 Å². The van der Waals surface area contributed by atoms with Crippen molar-refractivity contribution in [2.45, 2.75) is 19.9 Å². The average molecular weight is 438 g/mol. The molecule has 0 spiro atoms. The first-order chi connectivity index (χ1) is 16.2. The number of hydrogen-bond acceptors (Lipinski definition) is 7. The zero-order chi connectivity index (χ0) is 22.6. The summed E-state index contributed by atoms with van der Waals surface area (Å²) in [5, 5.41) is 6.63. The Morgan fingerprint density at radius 3 is 2.21 bits per heavy atom. The third-order valence-electron chi connectivity index (χ3n) is 5.01. The fourth-order valence-electron chi connectivity index (χ4n) is 3.37. The lowest BCUT2D eigenvalue weighted by atomic mass is 10.3. The van der Waals surface area contributed by atoms with E-state index in [1.807, 2.05) is 71.3 Å². The summed E-state index contributed by atoms with van der Waals surface area (Å²) in [5.41, 5.74) is 3.18. The third kappa shape index (κ3) is 4.59. The SMILES string of the molecule is CC(C)n1cnc2c(Nc3ccc(Oc4ccccc4)cc3)nc(Nc3ccncc3)nc21. The quantitative estimate of drug-likeness (QED) is 0.319. The van der Waals surface area contributed by atoms with Gasteiger partial charge < -0.3 is 19.9 Å². The Kier molecular flexibility index (Phi) is 5.55. The lowest BCUT2D eigenvalue weighted by Gasteiger charge is -2.12. The van der Waals surface area contributed by atoms with Crippen LogP contribution in [0.2, 0.25) is 0 Å². The first kappa shape index (κ1) is 20.4. The normalized spacial score (nSPS) is 11.0. The molecule has 0 fully saturated rings. The average Bonchev–Trinajstić information content (AvgIpc) is 3.26. The van der Waals surface area contributed by atoms with Crippen LogP contribution in [0.5, 0.6) is 11.5 Å². The first-order valence-electron chi connectivity index (χ1n) is 10.7. The van der Waals surface area contributed by atoms with E-state index in [9.17, 15) is 0 Å². The summed E-state index contributed by atoms with van der Waals surface area (Å²) in [6.07, 6.45) is 5.23. The van der Waals surface area contributed by atoms with Crippen LogP contribution in [-0.2, 0) is 0 Å². The standard InChI is InChI=1S/C25H23N7O/c1-17(2)32-16-27-22-23(30-25(31-24(22)32)29-19-12-14-26-15-13-19)28-18-8-10-21(11-9-18)33-20-6-4-3-5-7-20/h3-17H,1-2H3,(H2,26,28,29,30,31). The van der Waals surface area contributed by atoms with Crippen LogP contribution in [0.15, 0.2) is 85.5 Å². The molecular weight excluding hydrogens is 414 g/mol. The minimum absolute atomic E-state index is 0.209. The van der Waals surface area contributed by atoms with Crippen molar-refractivity contribution in [1.82, 2.24) is 24.5 Å². The van der Waals surface area contributed by atoms with Crippen LogP contribution in [-0.4, -0.2) is 24.5 Å². The number of rotatable bonds is 7. The predicted molar refractivity (Wildman–Crippen MR) is 129 cm³/mol. The van der Waals surface area contributed by atoms with Crippen LogP contribution in [0.25, 0.3) is 11.2 Å². The van der Waals surface area contributed by atoms with Gasteiger partial charge in [0.1, 0.15) is 11.5 Å². The fourth-order valence-corrected chi connectivity index (χ4v) is 3.37. The predicted octanol–water partition coefficient (Wildman–Crippen LogP) is 6.08. The van der Waals surface area contributed by atoms with E-state index in [1.165, 1.54) is 0 Å². The molecule has 0 aliphatic rings. The molecule has 3 heterocycles. The number of anilines is 4. The molecule has 33 heavy (non-hydrogen) atoms. The van der Waals surface area contributed by atoms with Gasteiger partial charge in [-0.25, -0.2) is 4.98 Å². The molecule has 0 amide bonds. The minimum atomic E-state index is 0.209. The van der Waals surface area contributed by atoms with Crippen LogP contribution < -0.4 is 15.4 Å². The number of imidazole rings is 1. The van der Waals surface area contributed by atoms with Crippen LogP contribution in [0.3, 0.4) is 0 Å². The maximum atomic E-state index is 5.88. The number of hydrogen-bond donors (Lipinski definition) is 2. The Morgan fingerprint density at radius 1 is 0.788 bits per heavy atom. The molecule has 0 saturated heterocycles. The molecule has 5 rings (SSSR count). The van der Waals surface area contributed by atoms with E-state index in [2.05, 4.69) is 34.4 Å². The van der Waals surface area contributed by atoms with Gasteiger partial charge in [-0.05, 0) is 62.4 Å². The first-order valence-corrected chi connectivity index (χ1v) is 10.7. The van der Waals surface area contributed by atoms with Crippen molar-refractivity contribution in [2.75, 3.05) is 10.6 Å². The molecule has 164 valence electrons. The van der Waals surface area contributed by atoms with Crippen molar-refractivity contribution in [1.29, 1.82) is 0 Å². The van der Waals surface area contributed by atoms with E-state index < -0.39 is 0 Å². The van der Waals surface area contributed by atoms with Crippen molar-refractivity contribution in [3.8, 4) is 11.5 Å². The molecule has 0 unspecified atom stereocenters. The van der Waals surface area contributed by atoms with Crippen molar-refractivity contribution in [2.24, 2.45) is 0 Å². The molecule has 0 aliphatic heterocycles. The van der Waals surface area contributed by atoms with Crippen LogP contribution in [0.1, 0.15) is 19.9 Å². The zero-order valence-corrected chi connectivity index (χ0v) is 18.3. The summed E-state index contributed by atoms with van der Waals surface area (Å²) in [7, 11) is 0. The lowest BCUT2D eigenvalue weighted by molar-refractivity contribution is 0.483. The fraction of sp³-hybridized carbons (Fsp3) is 0.120. The molecule has 0 bridgehead atoms. The molecule has 2 N–H and O–H groups in total.